The van der Waals surface area contributed by atoms with Crippen molar-refractivity contribution in [3.8, 4) is 11.1 Å². The van der Waals surface area contributed by atoms with Gasteiger partial charge in [0.2, 0.25) is 0 Å². The highest BCUT2D eigenvalue weighted by atomic mass is 16.7. The molecular weight excluding hydrogens is 472 g/mol. The summed E-state index contributed by atoms with van der Waals surface area (Å²) in [6.07, 6.45) is 0.188. The third-order valence-corrected chi connectivity index (χ3v) is 7.16. The van der Waals surface area contributed by atoms with Crippen LogP contribution in [0, 0.1) is 0 Å². The molecule has 3 unspecified atom stereocenters. The van der Waals surface area contributed by atoms with E-state index >= 15 is 0 Å². The SMILES string of the molecule is CN(Cc1ccccc1)CC1CC(c2ccc(CO)cc2)OC(c2ccc(-c3ccccc3CN)cc2)O1. The Labute approximate surface area is 225 Å². The number of likely N-dealkylation sites (N-methyl/N-ethyl adjacent to an activating group) is 1. The first-order chi connectivity index (χ1) is 18.6. The molecule has 5 nitrogen and oxygen atoms in total. The van der Waals surface area contributed by atoms with Gasteiger partial charge in [0.25, 0.3) is 0 Å². The molecule has 38 heavy (non-hydrogen) atoms. The zero-order chi connectivity index (χ0) is 26.3. The normalized spacial score (nSPS) is 19.5. The summed E-state index contributed by atoms with van der Waals surface area (Å²) in [4.78, 5) is 2.31. The first-order valence-corrected chi connectivity index (χ1v) is 13.2. The van der Waals surface area contributed by atoms with E-state index in [0.717, 1.165) is 52.9 Å². The average molecular weight is 509 g/mol. The summed E-state index contributed by atoms with van der Waals surface area (Å²) in [5, 5.41) is 9.47. The van der Waals surface area contributed by atoms with E-state index in [0.29, 0.717) is 6.54 Å². The van der Waals surface area contributed by atoms with E-state index < -0.39 is 6.29 Å². The number of rotatable bonds is 9. The zero-order valence-corrected chi connectivity index (χ0v) is 21.9. The zero-order valence-electron chi connectivity index (χ0n) is 21.9. The van der Waals surface area contributed by atoms with Crippen molar-refractivity contribution in [2.45, 2.75) is 44.6 Å². The van der Waals surface area contributed by atoms with Crippen molar-refractivity contribution in [1.82, 2.24) is 4.90 Å². The van der Waals surface area contributed by atoms with Crippen LogP contribution in [-0.2, 0) is 29.2 Å². The molecule has 1 fully saturated rings. The molecular formula is C33H36N2O3. The molecule has 196 valence electrons. The van der Waals surface area contributed by atoms with Gasteiger partial charge >= 0.3 is 0 Å². The highest BCUT2D eigenvalue weighted by Gasteiger charge is 2.32. The first kappa shape index (κ1) is 26.3. The fourth-order valence-corrected chi connectivity index (χ4v) is 5.14. The van der Waals surface area contributed by atoms with Crippen LogP contribution in [0.2, 0.25) is 0 Å². The van der Waals surface area contributed by atoms with E-state index in [2.05, 4.69) is 84.7 Å². The van der Waals surface area contributed by atoms with Gasteiger partial charge in [0.05, 0.1) is 18.8 Å². The molecule has 1 heterocycles. The maximum atomic E-state index is 9.47. The molecule has 0 aromatic heterocycles. The lowest BCUT2D eigenvalue weighted by atomic mass is 9.97. The first-order valence-electron chi connectivity index (χ1n) is 13.2. The quantitative estimate of drug-likeness (QED) is 0.291. The minimum atomic E-state index is -0.472. The van der Waals surface area contributed by atoms with Crippen LogP contribution in [0.1, 0.15) is 46.6 Å². The van der Waals surface area contributed by atoms with Crippen molar-refractivity contribution in [2.75, 3.05) is 13.6 Å². The van der Waals surface area contributed by atoms with Crippen LogP contribution in [-0.4, -0.2) is 29.7 Å². The van der Waals surface area contributed by atoms with Gasteiger partial charge in [-0.15, -0.1) is 0 Å². The van der Waals surface area contributed by atoms with E-state index in [9.17, 15) is 5.11 Å². The number of nitrogens with two attached hydrogens (primary N) is 1. The lowest BCUT2D eigenvalue weighted by Crippen LogP contribution is -2.37. The number of ether oxygens (including phenoxy) is 2. The van der Waals surface area contributed by atoms with Gasteiger partial charge in [-0.3, -0.25) is 4.90 Å². The maximum absolute atomic E-state index is 9.47. The third kappa shape index (κ3) is 6.38. The molecule has 0 spiro atoms. The summed E-state index contributed by atoms with van der Waals surface area (Å²) >= 11 is 0. The summed E-state index contributed by atoms with van der Waals surface area (Å²) < 4.78 is 13.1. The maximum Gasteiger partial charge on any atom is 0.184 e. The minimum absolute atomic E-state index is 0.00243. The van der Waals surface area contributed by atoms with Gasteiger partial charge < -0.3 is 20.3 Å². The second-order valence-electron chi connectivity index (χ2n) is 10.0. The van der Waals surface area contributed by atoms with E-state index in [4.69, 9.17) is 15.2 Å². The van der Waals surface area contributed by atoms with Crippen LogP contribution in [0.25, 0.3) is 11.1 Å². The van der Waals surface area contributed by atoms with Crippen LogP contribution >= 0.6 is 0 Å². The Morgan fingerprint density at radius 3 is 2.18 bits per heavy atom. The highest BCUT2D eigenvalue weighted by molar-refractivity contribution is 5.67. The van der Waals surface area contributed by atoms with Gasteiger partial charge in [0.1, 0.15) is 0 Å². The molecule has 4 aromatic carbocycles. The largest absolute Gasteiger partial charge is 0.392 e. The van der Waals surface area contributed by atoms with E-state index in [1.165, 1.54) is 5.56 Å². The Hall–Kier alpha value is -3.32. The summed E-state index contributed by atoms with van der Waals surface area (Å²) in [5.41, 5.74) is 13.6. The van der Waals surface area contributed by atoms with Gasteiger partial charge in [-0.05, 0) is 40.4 Å². The van der Waals surface area contributed by atoms with Crippen LogP contribution in [0.4, 0.5) is 0 Å². The van der Waals surface area contributed by atoms with Gasteiger partial charge in [0, 0.05) is 31.6 Å². The predicted molar refractivity (Wildman–Crippen MR) is 151 cm³/mol. The minimum Gasteiger partial charge on any atom is -0.392 e. The monoisotopic (exact) mass is 508 g/mol. The van der Waals surface area contributed by atoms with Crippen molar-refractivity contribution in [1.29, 1.82) is 0 Å². The Morgan fingerprint density at radius 1 is 0.789 bits per heavy atom. The number of hydrogen-bond donors (Lipinski definition) is 2. The molecule has 5 rings (SSSR count). The van der Waals surface area contributed by atoms with Crippen molar-refractivity contribution in [3.05, 3.63) is 131 Å². The number of aliphatic hydroxyl groups excluding tert-OH is 1. The van der Waals surface area contributed by atoms with Gasteiger partial charge in [0.15, 0.2) is 6.29 Å². The molecule has 0 amide bonds. The Morgan fingerprint density at radius 2 is 1.47 bits per heavy atom. The molecule has 3 N–H and O–H groups in total. The van der Waals surface area contributed by atoms with Crippen LogP contribution in [0.3, 0.4) is 0 Å². The molecule has 1 aliphatic heterocycles. The Kier molecular flexibility index (Phi) is 8.64. The van der Waals surface area contributed by atoms with Crippen molar-refractivity contribution in [3.63, 3.8) is 0 Å². The van der Waals surface area contributed by atoms with Gasteiger partial charge in [-0.1, -0.05) is 103 Å². The van der Waals surface area contributed by atoms with E-state index in [1.807, 2.05) is 30.3 Å². The average Bonchev–Trinajstić information content (AvgIpc) is 2.97. The predicted octanol–water partition coefficient (Wildman–Crippen LogP) is 5.98. The topological polar surface area (TPSA) is 68.0 Å². The Bertz CT molecular complexity index is 1290. The van der Waals surface area contributed by atoms with Gasteiger partial charge in [-0.25, -0.2) is 0 Å². The fraction of sp³-hybridized carbons (Fsp3) is 0.273. The molecule has 0 aliphatic carbocycles. The molecule has 0 radical (unpaired) electrons. The summed E-state index contributed by atoms with van der Waals surface area (Å²) in [6, 6.07) is 35.2. The van der Waals surface area contributed by atoms with E-state index in [1.54, 1.807) is 0 Å². The fourth-order valence-electron chi connectivity index (χ4n) is 5.14. The molecule has 3 atom stereocenters. The molecule has 0 bridgehead atoms. The van der Waals surface area contributed by atoms with E-state index in [-0.39, 0.29) is 18.8 Å². The van der Waals surface area contributed by atoms with Crippen molar-refractivity contribution in [2.24, 2.45) is 5.73 Å². The number of hydrogen-bond acceptors (Lipinski definition) is 5. The third-order valence-electron chi connectivity index (χ3n) is 7.16. The second-order valence-corrected chi connectivity index (χ2v) is 10.0. The van der Waals surface area contributed by atoms with Crippen molar-refractivity contribution < 1.29 is 14.6 Å². The van der Waals surface area contributed by atoms with Crippen LogP contribution < -0.4 is 5.73 Å². The van der Waals surface area contributed by atoms with Crippen LogP contribution in [0.15, 0.2) is 103 Å². The second kappa shape index (κ2) is 12.5. The number of nitrogens with zero attached hydrogens (tertiary/aromatic N) is 1. The highest BCUT2D eigenvalue weighted by Crippen LogP contribution is 2.38. The molecule has 1 saturated heterocycles. The number of benzene rings is 4. The molecule has 4 aromatic rings. The summed E-state index contributed by atoms with van der Waals surface area (Å²) in [5.74, 6) is 0. The summed E-state index contributed by atoms with van der Waals surface area (Å²) in [6.45, 7) is 2.19. The molecule has 0 saturated carbocycles. The Balaban J connectivity index is 1.36. The molecule has 5 heteroatoms. The van der Waals surface area contributed by atoms with Crippen LogP contribution in [0.5, 0.6) is 0 Å². The number of aliphatic hydroxyl groups is 1. The summed E-state index contributed by atoms with van der Waals surface area (Å²) in [7, 11) is 2.13. The lowest BCUT2D eigenvalue weighted by Gasteiger charge is -2.38. The van der Waals surface area contributed by atoms with Gasteiger partial charge in [-0.2, -0.15) is 0 Å². The smallest absolute Gasteiger partial charge is 0.184 e. The standard InChI is InChI=1S/C33H36N2O3/c1-35(21-24-7-3-2-4-8-24)22-30-19-32(27-13-11-25(23-36)12-14-27)38-33(37-30)28-17-15-26(16-18-28)31-10-6-5-9-29(31)20-34/h2-18,30,32-33,36H,19-23,34H2,1H3. The lowest BCUT2D eigenvalue weighted by molar-refractivity contribution is -0.252. The molecule has 1 aliphatic rings. The van der Waals surface area contributed by atoms with Crippen molar-refractivity contribution >= 4 is 0 Å².